The number of rotatable bonds is 6. The summed E-state index contributed by atoms with van der Waals surface area (Å²) >= 11 is 3.61. The third-order valence-electron chi connectivity index (χ3n) is 13.8. The van der Waals surface area contributed by atoms with Crippen molar-refractivity contribution in [1.29, 1.82) is 0 Å². The molecular formula is C66H55BrN2. The van der Waals surface area contributed by atoms with Crippen molar-refractivity contribution in [3.8, 4) is 66.8 Å². The molecule has 336 valence electrons. The van der Waals surface area contributed by atoms with E-state index in [0.717, 1.165) is 21.5 Å². The van der Waals surface area contributed by atoms with Crippen LogP contribution in [-0.4, -0.2) is 0 Å². The lowest BCUT2D eigenvalue weighted by Gasteiger charge is -2.23. The summed E-state index contributed by atoms with van der Waals surface area (Å²) in [5.41, 5.74) is 29.6. The van der Waals surface area contributed by atoms with Crippen molar-refractivity contribution >= 4 is 33.0 Å². The lowest BCUT2D eigenvalue weighted by Crippen LogP contribution is -2.15. The SMILES string of the molecule is CC1(C)c2cc(Br)ccc2-c2ccc(-c3ccccc3)cc21.CC1(C)c2cc(Nc3ccc(-c4ccccc4)cc3)ccc2-c2ccc(-c3ccccc3)cc21.Nc1ccc(-c2ccccc2)cc1. The van der Waals surface area contributed by atoms with Crippen LogP contribution in [0.4, 0.5) is 17.1 Å². The molecular weight excluding hydrogens is 901 g/mol. The number of anilines is 3. The van der Waals surface area contributed by atoms with Crippen LogP contribution >= 0.6 is 15.9 Å². The molecule has 0 bridgehead atoms. The largest absolute Gasteiger partial charge is 0.399 e. The minimum atomic E-state index is -0.0513. The standard InChI is InChI=1S/C33H27N.C21H17Br.C12H11N/c1-33(2)31-21-26(24-11-7-4-8-12-24)15-19-29(31)30-20-18-28(22-32(30)33)34-27-16-13-25(14-17-27)23-9-5-3-6-10-23;1-21(2)19-12-15(14-6-4-3-5-7-14)8-10-17(19)18-11-9-16(22)13-20(18)21;13-12-8-6-11(7-9-12)10-4-2-1-3-5-10/h3-22,34H,1-2H3;3-13H,1-2H3;1-9H,13H2. The van der Waals surface area contributed by atoms with E-state index in [0.29, 0.717) is 0 Å². The molecule has 0 heterocycles. The van der Waals surface area contributed by atoms with Gasteiger partial charge >= 0.3 is 0 Å². The summed E-state index contributed by atoms with van der Waals surface area (Å²) in [6.07, 6.45) is 0. The van der Waals surface area contributed by atoms with Gasteiger partial charge in [-0.2, -0.15) is 0 Å². The molecule has 10 aromatic carbocycles. The molecule has 0 radical (unpaired) electrons. The Hall–Kier alpha value is -7.72. The maximum absolute atomic E-state index is 5.60. The smallest absolute Gasteiger partial charge is 0.0387 e. The molecule has 3 heteroatoms. The first-order valence-electron chi connectivity index (χ1n) is 23.7. The van der Waals surface area contributed by atoms with E-state index >= 15 is 0 Å². The van der Waals surface area contributed by atoms with Crippen LogP contribution in [0.2, 0.25) is 0 Å². The van der Waals surface area contributed by atoms with E-state index in [1.807, 2.05) is 42.5 Å². The fraction of sp³-hybridized carbons (Fsp3) is 0.0909. The van der Waals surface area contributed by atoms with Gasteiger partial charge in [0, 0.05) is 32.4 Å². The lowest BCUT2D eigenvalue weighted by atomic mass is 9.81. The van der Waals surface area contributed by atoms with E-state index in [-0.39, 0.29) is 10.8 Å². The molecule has 0 spiro atoms. The molecule has 0 saturated heterocycles. The number of halogens is 1. The summed E-state index contributed by atoms with van der Waals surface area (Å²) in [4.78, 5) is 0. The number of nitrogens with one attached hydrogen (secondary N) is 1. The zero-order chi connectivity index (χ0) is 47.5. The fourth-order valence-electron chi connectivity index (χ4n) is 9.99. The van der Waals surface area contributed by atoms with Crippen molar-refractivity contribution < 1.29 is 0 Å². The van der Waals surface area contributed by atoms with Gasteiger partial charge in [-0.1, -0.05) is 226 Å². The highest BCUT2D eigenvalue weighted by Crippen LogP contribution is 2.52. The summed E-state index contributed by atoms with van der Waals surface area (Å²) < 4.78 is 1.15. The van der Waals surface area contributed by atoms with Crippen molar-refractivity contribution in [3.05, 3.63) is 269 Å². The maximum atomic E-state index is 5.60. The summed E-state index contributed by atoms with van der Waals surface area (Å²) in [5.74, 6) is 0. The third-order valence-corrected chi connectivity index (χ3v) is 14.3. The van der Waals surface area contributed by atoms with Gasteiger partial charge in [0.25, 0.3) is 0 Å². The first kappa shape index (κ1) is 45.1. The second kappa shape index (κ2) is 19.1. The molecule has 69 heavy (non-hydrogen) atoms. The van der Waals surface area contributed by atoms with Crippen molar-refractivity contribution in [2.24, 2.45) is 0 Å². The van der Waals surface area contributed by atoms with Crippen LogP contribution in [0.15, 0.2) is 247 Å². The van der Waals surface area contributed by atoms with Crippen molar-refractivity contribution in [1.82, 2.24) is 0 Å². The molecule has 0 fully saturated rings. The minimum Gasteiger partial charge on any atom is -0.399 e. The Kier molecular flexibility index (Phi) is 12.5. The average molecular weight is 956 g/mol. The second-order valence-electron chi connectivity index (χ2n) is 19.0. The Balaban J connectivity index is 0.000000134. The topological polar surface area (TPSA) is 38.0 Å². The molecule has 10 aromatic rings. The predicted molar refractivity (Wildman–Crippen MR) is 298 cm³/mol. The third kappa shape index (κ3) is 9.31. The molecule has 0 unspecified atom stereocenters. The monoisotopic (exact) mass is 954 g/mol. The van der Waals surface area contributed by atoms with Gasteiger partial charge in [-0.3, -0.25) is 0 Å². The Morgan fingerprint density at radius 1 is 0.304 bits per heavy atom. The van der Waals surface area contributed by atoms with Gasteiger partial charge in [-0.25, -0.2) is 0 Å². The quantitative estimate of drug-likeness (QED) is 0.163. The van der Waals surface area contributed by atoms with E-state index in [2.05, 4.69) is 249 Å². The molecule has 0 aliphatic heterocycles. The lowest BCUT2D eigenvalue weighted by molar-refractivity contribution is 0.660. The van der Waals surface area contributed by atoms with Crippen molar-refractivity contribution in [3.63, 3.8) is 0 Å². The number of nitrogen functional groups attached to an aromatic ring is 1. The summed E-state index contributed by atoms with van der Waals surface area (Å²) in [6, 6.07) is 85.8. The number of hydrogen-bond donors (Lipinski definition) is 2. The predicted octanol–water partition coefficient (Wildman–Crippen LogP) is 18.4. The van der Waals surface area contributed by atoms with Gasteiger partial charge in [-0.05, 0) is 150 Å². The molecule has 2 aliphatic carbocycles. The molecule has 0 atom stereocenters. The molecule has 0 aromatic heterocycles. The highest BCUT2D eigenvalue weighted by Gasteiger charge is 2.37. The van der Waals surface area contributed by atoms with Gasteiger partial charge in [0.1, 0.15) is 0 Å². The van der Waals surface area contributed by atoms with Crippen LogP contribution in [0.25, 0.3) is 66.8 Å². The zero-order valence-corrected chi connectivity index (χ0v) is 41.1. The minimum absolute atomic E-state index is 0.0409. The van der Waals surface area contributed by atoms with E-state index < -0.39 is 0 Å². The Bertz CT molecular complexity index is 3380. The summed E-state index contributed by atoms with van der Waals surface area (Å²) in [7, 11) is 0. The number of hydrogen-bond acceptors (Lipinski definition) is 2. The Morgan fingerprint density at radius 2 is 0.609 bits per heavy atom. The zero-order valence-electron chi connectivity index (χ0n) is 39.5. The van der Waals surface area contributed by atoms with E-state index in [4.69, 9.17) is 5.73 Å². The Morgan fingerprint density at radius 3 is 1.04 bits per heavy atom. The van der Waals surface area contributed by atoms with Gasteiger partial charge in [0.05, 0.1) is 0 Å². The summed E-state index contributed by atoms with van der Waals surface area (Å²) in [5, 5.41) is 3.61. The second-order valence-corrected chi connectivity index (χ2v) is 19.9. The number of nitrogens with two attached hydrogens (primary N) is 1. The molecule has 0 saturated carbocycles. The van der Waals surface area contributed by atoms with Gasteiger partial charge in [-0.15, -0.1) is 0 Å². The molecule has 12 rings (SSSR count). The van der Waals surface area contributed by atoms with Gasteiger partial charge in [0.15, 0.2) is 0 Å². The van der Waals surface area contributed by atoms with E-state index in [1.165, 1.54) is 89.0 Å². The van der Waals surface area contributed by atoms with Crippen molar-refractivity contribution in [2.45, 2.75) is 38.5 Å². The van der Waals surface area contributed by atoms with Crippen LogP contribution in [-0.2, 0) is 10.8 Å². The number of fused-ring (bicyclic) bond motifs is 6. The number of benzene rings is 10. The van der Waals surface area contributed by atoms with E-state index in [9.17, 15) is 0 Å². The van der Waals surface area contributed by atoms with Crippen LogP contribution < -0.4 is 11.1 Å². The maximum Gasteiger partial charge on any atom is 0.0387 e. The van der Waals surface area contributed by atoms with Crippen LogP contribution in [0.3, 0.4) is 0 Å². The van der Waals surface area contributed by atoms with Gasteiger partial charge in [0.2, 0.25) is 0 Å². The normalized spacial score (nSPS) is 13.0. The van der Waals surface area contributed by atoms with Crippen LogP contribution in [0.5, 0.6) is 0 Å². The molecule has 0 amide bonds. The highest BCUT2D eigenvalue weighted by atomic mass is 79.9. The Labute approximate surface area is 416 Å². The van der Waals surface area contributed by atoms with Crippen LogP contribution in [0.1, 0.15) is 49.9 Å². The molecule has 2 aliphatic rings. The van der Waals surface area contributed by atoms with Crippen molar-refractivity contribution in [2.75, 3.05) is 11.1 Å². The highest BCUT2D eigenvalue weighted by molar-refractivity contribution is 9.10. The molecule has 3 N–H and O–H groups in total. The molecule has 2 nitrogen and oxygen atoms in total. The average Bonchev–Trinajstić information content (AvgIpc) is 3.76. The fourth-order valence-corrected chi connectivity index (χ4v) is 10.4. The van der Waals surface area contributed by atoms with Gasteiger partial charge < -0.3 is 11.1 Å². The summed E-state index contributed by atoms with van der Waals surface area (Å²) in [6.45, 7) is 9.31. The van der Waals surface area contributed by atoms with Crippen LogP contribution in [0, 0.1) is 0 Å². The first-order valence-corrected chi connectivity index (χ1v) is 24.5. The van der Waals surface area contributed by atoms with E-state index in [1.54, 1.807) is 0 Å². The first-order chi connectivity index (χ1) is 33.5.